The van der Waals surface area contributed by atoms with Crippen molar-refractivity contribution in [2.75, 3.05) is 18.0 Å². The third kappa shape index (κ3) is 4.15. The number of anilines is 1. The van der Waals surface area contributed by atoms with Gasteiger partial charge < -0.3 is 15.8 Å². The molecule has 0 heterocycles. The molecule has 1 aromatic rings. The minimum atomic E-state index is 0.168. The van der Waals surface area contributed by atoms with Crippen LogP contribution >= 0.6 is 0 Å². The summed E-state index contributed by atoms with van der Waals surface area (Å²) in [5, 5.41) is 12.2. The summed E-state index contributed by atoms with van der Waals surface area (Å²) in [5.41, 5.74) is 8.86. The Bertz CT molecular complexity index is 457. The Hall–Kier alpha value is -1.71. The molecule has 0 aromatic heterocycles. The van der Waals surface area contributed by atoms with Crippen molar-refractivity contribution >= 4 is 11.5 Å². The second-order valence-electron chi connectivity index (χ2n) is 6.15. The van der Waals surface area contributed by atoms with Crippen LogP contribution in [0.4, 0.5) is 5.69 Å². The van der Waals surface area contributed by atoms with Crippen molar-refractivity contribution in [1.82, 2.24) is 0 Å². The van der Waals surface area contributed by atoms with Crippen LogP contribution in [0.2, 0.25) is 0 Å². The Labute approximate surface area is 122 Å². The van der Waals surface area contributed by atoms with Gasteiger partial charge in [-0.2, -0.15) is 0 Å². The van der Waals surface area contributed by atoms with Crippen molar-refractivity contribution in [3.8, 4) is 0 Å². The zero-order chi connectivity index (χ0) is 15.3. The molecule has 112 valence electrons. The molecule has 1 rings (SSSR count). The molecule has 0 spiro atoms. The van der Waals surface area contributed by atoms with Gasteiger partial charge in [-0.3, -0.25) is 0 Å². The van der Waals surface area contributed by atoms with Crippen molar-refractivity contribution in [1.29, 1.82) is 0 Å². The van der Waals surface area contributed by atoms with Crippen molar-refractivity contribution in [2.45, 2.75) is 34.6 Å². The second kappa shape index (κ2) is 7.17. The van der Waals surface area contributed by atoms with Crippen LogP contribution in [0.5, 0.6) is 0 Å². The quantitative estimate of drug-likeness (QED) is 0.363. The topological polar surface area (TPSA) is 61.9 Å². The van der Waals surface area contributed by atoms with Gasteiger partial charge in [-0.25, -0.2) is 0 Å². The summed E-state index contributed by atoms with van der Waals surface area (Å²) < 4.78 is 0. The van der Waals surface area contributed by atoms with Gasteiger partial charge in [0.25, 0.3) is 0 Å². The van der Waals surface area contributed by atoms with Crippen molar-refractivity contribution < 1.29 is 5.21 Å². The summed E-state index contributed by atoms with van der Waals surface area (Å²) in [6.07, 6.45) is 0. The average molecular weight is 277 g/mol. The van der Waals surface area contributed by atoms with Crippen molar-refractivity contribution in [3.05, 3.63) is 29.3 Å². The van der Waals surface area contributed by atoms with Crippen LogP contribution in [-0.4, -0.2) is 24.1 Å². The molecule has 0 atom stereocenters. The molecule has 0 aliphatic rings. The maximum atomic E-state index is 8.99. The van der Waals surface area contributed by atoms with E-state index in [1.807, 2.05) is 12.1 Å². The lowest BCUT2D eigenvalue weighted by Crippen LogP contribution is -2.34. The fourth-order valence-corrected chi connectivity index (χ4v) is 2.48. The van der Waals surface area contributed by atoms with E-state index in [0.29, 0.717) is 11.8 Å². The highest BCUT2D eigenvalue weighted by atomic mass is 16.4. The van der Waals surface area contributed by atoms with E-state index in [1.54, 1.807) is 0 Å². The molecule has 1 aromatic carbocycles. The molecule has 0 unspecified atom stereocenters. The summed E-state index contributed by atoms with van der Waals surface area (Å²) >= 11 is 0. The van der Waals surface area contributed by atoms with E-state index < -0.39 is 0 Å². The minimum Gasteiger partial charge on any atom is -0.409 e. The summed E-state index contributed by atoms with van der Waals surface area (Å²) in [4.78, 5) is 2.35. The zero-order valence-electron chi connectivity index (χ0n) is 13.2. The lowest BCUT2D eigenvalue weighted by Gasteiger charge is -2.31. The highest BCUT2D eigenvalue weighted by Gasteiger charge is 2.18. The van der Waals surface area contributed by atoms with Gasteiger partial charge in [-0.1, -0.05) is 45.0 Å². The first-order valence-electron chi connectivity index (χ1n) is 7.19. The van der Waals surface area contributed by atoms with Gasteiger partial charge in [0.1, 0.15) is 0 Å². The molecule has 0 aliphatic heterocycles. The van der Waals surface area contributed by atoms with Crippen LogP contribution in [-0.2, 0) is 0 Å². The number of amidine groups is 1. The monoisotopic (exact) mass is 277 g/mol. The molecule has 4 heteroatoms. The largest absolute Gasteiger partial charge is 0.409 e. The van der Waals surface area contributed by atoms with E-state index in [9.17, 15) is 0 Å². The predicted molar refractivity (Wildman–Crippen MR) is 85.6 cm³/mol. The molecule has 0 saturated carbocycles. The van der Waals surface area contributed by atoms with E-state index in [0.717, 1.165) is 29.9 Å². The fraction of sp³-hybridized carbons (Fsp3) is 0.562. The van der Waals surface area contributed by atoms with E-state index in [-0.39, 0.29) is 5.84 Å². The van der Waals surface area contributed by atoms with E-state index >= 15 is 0 Å². The van der Waals surface area contributed by atoms with Crippen molar-refractivity contribution in [3.63, 3.8) is 0 Å². The summed E-state index contributed by atoms with van der Waals surface area (Å²) in [6.45, 7) is 12.8. The first-order valence-corrected chi connectivity index (χ1v) is 7.19. The van der Waals surface area contributed by atoms with E-state index in [1.165, 1.54) is 0 Å². The lowest BCUT2D eigenvalue weighted by atomic mass is 10.0. The highest BCUT2D eigenvalue weighted by Crippen LogP contribution is 2.27. The van der Waals surface area contributed by atoms with Crippen molar-refractivity contribution in [2.24, 2.45) is 22.7 Å². The summed E-state index contributed by atoms with van der Waals surface area (Å²) in [6, 6.07) is 5.91. The molecule has 0 aliphatic carbocycles. The number of nitrogens with two attached hydrogens (primary N) is 1. The normalized spacial score (nSPS) is 12.2. The molecule has 0 fully saturated rings. The fourth-order valence-electron chi connectivity index (χ4n) is 2.48. The Morgan fingerprint density at radius 1 is 1.20 bits per heavy atom. The maximum Gasteiger partial charge on any atom is 0.172 e. The number of oxime groups is 1. The van der Waals surface area contributed by atoms with Gasteiger partial charge >= 0.3 is 0 Å². The number of rotatable bonds is 6. The number of nitrogens with zero attached hydrogens (tertiary/aromatic N) is 2. The highest BCUT2D eigenvalue weighted by molar-refractivity contribution is 6.02. The Morgan fingerprint density at radius 2 is 1.75 bits per heavy atom. The standard InChI is InChI=1S/C16H27N3O/c1-11(2)9-19(10-12(3)4)15-13(5)7-6-8-14(15)16(17)18-20/h6-8,11-12,20H,9-10H2,1-5H3,(H2,17,18). The van der Waals surface area contributed by atoms with Gasteiger partial charge in [0, 0.05) is 18.7 Å². The second-order valence-corrected chi connectivity index (χ2v) is 6.15. The van der Waals surface area contributed by atoms with Crippen LogP contribution in [0.15, 0.2) is 23.4 Å². The molecule has 0 saturated heterocycles. The average Bonchev–Trinajstić information content (AvgIpc) is 2.35. The Morgan fingerprint density at radius 3 is 2.20 bits per heavy atom. The smallest absolute Gasteiger partial charge is 0.172 e. The van der Waals surface area contributed by atoms with Crippen LogP contribution in [0, 0.1) is 18.8 Å². The first kappa shape index (κ1) is 16.3. The number of benzene rings is 1. The SMILES string of the molecule is Cc1cccc(/C(N)=N/O)c1N(CC(C)C)CC(C)C. The van der Waals surface area contributed by atoms with Gasteiger partial charge in [0.2, 0.25) is 0 Å². The first-order chi connectivity index (χ1) is 9.36. The summed E-state index contributed by atoms with van der Waals surface area (Å²) in [7, 11) is 0. The molecule has 0 amide bonds. The van der Waals surface area contributed by atoms with Crippen LogP contribution in [0.3, 0.4) is 0 Å². The predicted octanol–water partition coefficient (Wildman–Crippen LogP) is 3.21. The molecular formula is C16H27N3O. The number of aryl methyl sites for hydroxylation is 1. The zero-order valence-corrected chi connectivity index (χ0v) is 13.2. The molecule has 20 heavy (non-hydrogen) atoms. The summed E-state index contributed by atoms with van der Waals surface area (Å²) in [5.74, 6) is 1.27. The lowest BCUT2D eigenvalue weighted by molar-refractivity contribution is 0.318. The van der Waals surface area contributed by atoms with Gasteiger partial charge in [0.15, 0.2) is 5.84 Å². The number of para-hydroxylation sites is 1. The van der Waals surface area contributed by atoms with Crippen LogP contribution in [0.1, 0.15) is 38.8 Å². The number of hydrogen-bond donors (Lipinski definition) is 2. The molecule has 0 radical (unpaired) electrons. The third-order valence-electron chi connectivity index (χ3n) is 3.11. The van der Waals surface area contributed by atoms with Gasteiger partial charge in [0.05, 0.1) is 5.69 Å². The third-order valence-corrected chi connectivity index (χ3v) is 3.11. The molecule has 4 nitrogen and oxygen atoms in total. The van der Waals surface area contributed by atoms with Gasteiger partial charge in [-0.15, -0.1) is 0 Å². The Balaban J connectivity index is 3.30. The van der Waals surface area contributed by atoms with E-state index in [4.69, 9.17) is 10.9 Å². The van der Waals surface area contributed by atoms with Crippen LogP contribution in [0.25, 0.3) is 0 Å². The van der Waals surface area contributed by atoms with Gasteiger partial charge in [-0.05, 0) is 30.4 Å². The minimum absolute atomic E-state index is 0.168. The number of hydrogen-bond acceptors (Lipinski definition) is 3. The molecule has 3 N–H and O–H groups in total. The molecule has 0 bridgehead atoms. The van der Waals surface area contributed by atoms with Crippen LogP contribution < -0.4 is 10.6 Å². The Kier molecular flexibility index (Phi) is 5.86. The maximum absolute atomic E-state index is 8.99. The molecular weight excluding hydrogens is 250 g/mol. The van der Waals surface area contributed by atoms with E-state index in [2.05, 4.69) is 50.7 Å².